The van der Waals surface area contributed by atoms with Crippen molar-refractivity contribution < 1.29 is 4.52 Å². The second kappa shape index (κ2) is 3.01. The highest BCUT2D eigenvalue weighted by Crippen LogP contribution is 2.49. The minimum Gasteiger partial charge on any atom is -0.368 e. The van der Waals surface area contributed by atoms with E-state index in [2.05, 4.69) is 5.16 Å². The van der Waals surface area contributed by atoms with E-state index in [1.54, 1.807) is 0 Å². The van der Waals surface area contributed by atoms with Gasteiger partial charge in [-0.3, -0.25) is 0 Å². The normalized spacial score (nSPS) is 35.3. The Bertz CT molecular complexity index is 334. The first-order valence-corrected chi connectivity index (χ1v) is 5.52. The van der Waals surface area contributed by atoms with E-state index in [9.17, 15) is 0 Å². The first-order valence-electron chi connectivity index (χ1n) is 5.52. The Morgan fingerprint density at radius 1 is 1.43 bits per heavy atom. The molecule has 2 aliphatic carbocycles. The molecule has 0 spiro atoms. The maximum atomic E-state index is 5.50. The molecule has 3 rings (SSSR count). The molecule has 0 radical (unpaired) electrons. The lowest BCUT2D eigenvalue weighted by Crippen LogP contribution is -2.13. The largest absolute Gasteiger partial charge is 0.368 e. The Labute approximate surface area is 83.6 Å². The van der Waals surface area contributed by atoms with Gasteiger partial charge in [-0.2, -0.15) is 0 Å². The zero-order valence-electron chi connectivity index (χ0n) is 8.28. The summed E-state index contributed by atoms with van der Waals surface area (Å²) in [6, 6.07) is 1.87. The van der Waals surface area contributed by atoms with Crippen LogP contribution in [0.3, 0.4) is 0 Å². The predicted molar refractivity (Wildman–Crippen MR) is 53.6 cm³/mol. The number of nitrogens with two attached hydrogens (primary N) is 1. The molecule has 2 saturated carbocycles. The van der Waals surface area contributed by atoms with E-state index in [1.807, 2.05) is 6.07 Å². The molecule has 3 atom stereocenters. The fraction of sp³-hybridized carbons (Fsp3) is 0.727. The van der Waals surface area contributed by atoms with Crippen LogP contribution in [0.5, 0.6) is 0 Å². The van der Waals surface area contributed by atoms with Gasteiger partial charge in [0, 0.05) is 6.07 Å². The van der Waals surface area contributed by atoms with Crippen LogP contribution in [0.25, 0.3) is 0 Å². The molecule has 0 aromatic carbocycles. The van der Waals surface area contributed by atoms with E-state index in [0.717, 1.165) is 29.9 Å². The van der Waals surface area contributed by atoms with Crippen molar-refractivity contribution in [2.24, 2.45) is 17.8 Å². The van der Waals surface area contributed by atoms with Crippen LogP contribution < -0.4 is 5.73 Å². The van der Waals surface area contributed by atoms with Gasteiger partial charge in [0.1, 0.15) is 0 Å². The molecule has 0 amide bonds. The Morgan fingerprint density at radius 3 is 2.93 bits per heavy atom. The van der Waals surface area contributed by atoms with Crippen LogP contribution in [0.2, 0.25) is 0 Å². The van der Waals surface area contributed by atoms with Gasteiger partial charge in [0.15, 0.2) is 0 Å². The Morgan fingerprint density at radius 2 is 2.36 bits per heavy atom. The number of aromatic nitrogens is 1. The number of hydrogen-bond acceptors (Lipinski definition) is 3. The lowest BCUT2D eigenvalue weighted by molar-refractivity contribution is 0.322. The monoisotopic (exact) mass is 192 g/mol. The fourth-order valence-corrected chi connectivity index (χ4v) is 3.32. The van der Waals surface area contributed by atoms with Crippen LogP contribution in [0, 0.1) is 17.8 Å². The van der Waals surface area contributed by atoms with Crippen LogP contribution in [0.15, 0.2) is 10.6 Å². The van der Waals surface area contributed by atoms with E-state index < -0.39 is 0 Å². The molecule has 3 heteroatoms. The third-order valence-electron chi connectivity index (χ3n) is 3.93. The van der Waals surface area contributed by atoms with E-state index in [4.69, 9.17) is 10.3 Å². The first kappa shape index (κ1) is 8.33. The SMILES string of the molecule is Nc1cc(C[C@@H]2C[C@H]3CC[C@H]2C3)no1. The molecule has 0 unspecified atom stereocenters. The van der Waals surface area contributed by atoms with Gasteiger partial charge in [-0.05, 0) is 43.4 Å². The second-order valence-corrected chi connectivity index (χ2v) is 4.86. The van der Waals surface area contributed by atoms with Crippen molar-refractivity contribution in [2.45, 2.75) is 32.1 Å². The van der Waals surface area contributed by atoms with Crippen LogP contribution in [0.1, 0.15) is 31.4 Å². The Balaban J connectivity index is 1.68. The molecule has 1 aromatic rings. The first-order chi connectivity index (χ1) is 6.81. The highest BCUT2D eigenvalue weighted by molar-refractivity contribution is 5.24. The van der Waals surface area contributed by atoms with Gasteiger partial charge < -0.3 is 10.3 Å². The van der Waals surface area contributed by atoms with E-state index in [-0.39, 0.29) is 0 Å². The predicted octanol–water partition coefficient (Wildman–Crippen LogP) is 2.24. The van der Waals surface area contributed by atoms with E-state index >= 15 is 0 Å². The summed E-state index contributed by atoms with van der Waals surface area (Å²) in [5.41, 5.74) is 6.54. The van der Waals surface area contributed by atoms with Crippen LogP contribution >= 0.6 is 0 Å². The van der Waals surface area contributed by atoms with Gasteiger partial charge in [0.05, 0.1) is 5.69 Å². The summed E-state index contributed by atoms with van der Waals surface area (Å²) in [5, 5.41) is 3.96. The smallest absolute Gasteiger partial charge is 0.222 e. The highest BCUT2D eigenvalue weighted by atomic mass is 16.5. The van der Waals surface area contributed by atoms with Crippen molar-refractivity contribution in [1.82, 2.24) is 5.16 Å². The minimum absolute atomic E-state index is 0.447. The number of nitrogens with zero attached hydrogens (tertiary/aromatic N) is 1. The quantitative estimate of drug-likeness (QED) is 0.781. The maximum Gasteiger partial charge on any atom is 0.222 e. The third kappa shape index (κ3) is 1.31. The van der Waals surface area contributed by atoms with Crippen molar-refractivity contribution >= 4 is 5.88 Å². The average molecular weight is 192 g/mol. The summed E-state index contributed by atoms with van der Waals surface area (Å²) in [6.07, 6.45) is 6.82. The summed E-state index contributed by atoms with van der Waals surface area (Å²) in [6.45, 7) is 0. The molecule has 76 valence electrons. The minimum atomic E-state index is 0.447. The van der Waals surface area contributed by atoms with Gasteiger partial charge in [-0.1, -0.05) is 11.6 Å². The van der Waals surface area contributed by atoms with Gasteiger partial charge in [-0.25, -0.2) is 0 Å². The van der Waals surface area contributed by atoms with Crippen LogP contribution in [-0.4, -0.2) is 5.16 Å². The molecule has 2 bridgehead atoms. The number of anilines is 1. The molecule has 0 aliphatic heterocycles. The third-order valence-corrected chi connectivity index (χ3v) is 3.93. The van der Waals surface area contributed by atoms with Gasteiger partial charge in [-0.15, -0.1) is 0 Å². The summed E-state index contributed by atoms with van der Waals surface area (Å²) < 4.78 is 4.88. The van der Waals surface area contributed by atoms with Crippen molar-refractivity contribution in [3.8, 4) is 0 Å². The number of fused-ring (bicyclic) bond motifs is 2. The van der Waals surface area contributed by atoms with Gasteiger partial charge >= 0.3 is 0 Å². The Kier molecular flexibility index (Phi) is 1.79. The van der Waals surface area contributed by atoms with Gasteiger partial charge in [0.25, 0.3) is 0 Å². The molecule has 1 heterocycles. The van der Waals surface area contributed by atoms with E-state index in [0.29, 0.717) is 5.88 Å². The average Bonchev–Trinajstić information content (AvgIpc) is 2.82. The molecule has 14 heavy (non-hydrogen) atoms. The Hall–Kier alpha value is -0.990. The standard InChI is InChI=1S/C11H16N2O/c12-11-6-10(13-14-11)5-9-4-7-1-2-8(9)3-7/h6-9H,1-5,12H2/t7-,8-,9-/m0/s1. The number of hydrogen-bond donors (Lipinski definition) is 1. The van der Waals surface area contributed by atoms with E-state index in [1.165, 1.54) is 25.7 Å². The zero-order valence-corrected chi connectivity index (χ0v) is 8.28. The molecular formula is C11H16N2O. The zero-order chi connectivity index (χ0) is 9.54. The summed E-state index contributed by atoms with van der Waals surface area (Å²) in [7, 11) is 0. The van der Waals surface area contributed by atoms with Crippen molar-refractivity contribution in [1.29, 1.82) is 0 Å². The van der Waals surface area contributed by atoms with Gasteiger partial charge in [0.2, 0.25) is 5.88 Å². The molecule has 1 aromatic heterocycles. The van der Waals surface area contributed by atoms with Crippen molar-refractivity contribution in [3.63, 3.8) is 0 Å². The summed E-state index contributed by atoms with van der Waals surface area (Å²) in [5.74, 6) is 3.26. The summed E-state index contributed by atoms with van der Waals surface area (Å²) in [4.78, 5) is 0. The lowest BCUT2D eigenvalue weighted by atomic mass is 9.85. The number of nitrogen functional groups attached to an aromatic ring is 1. The lowest BCUT2D eigenvalue weighted by Gasteiger charge is -2.19. The number of rotatable bonds is 2. The maximum absolute atomic E-state index is 5.50. The molecule has 3 nitrogen and oxygen atoms in total. The van der Waals surface area contributed by atoms with Crippen molar-refractivity contribution in [3.05, 3.63) is 11.8 Å². The molecule has 2 fully saturated rings. The van der Waals surface area contributed by atoms with Crippen LogP contribution in [-0.2, 0) is 6.42 Å². The highest BCUT2D eigenvalue weighted by Gasteiger charge is 2.39. The fourth-order valence-electron chi connectivity index (χ4n) is 3.32. The summed E-state index contributed by atoms with van der Waals surface area (Å²) >= 11 is 0. The molecule has 2 aliphatic rings. The van der Waals surface area contributed by atoms with Crippen LogP contribution in [0.4, 0.5) is 5.88 Å². The molecule has 2 N–H and O–H groups in total. The second-order valence-electron chi connectivity index (χ2n) is 4.86. The topological polar surface area (TPSA) is 52.0 Å². The molecule has 0 saturated heterocycles. The molecular weight excluding hydrogens is 176 g/mol. The van der Waals surface area contributed by atoms with Crippen molar-refractivity contribution in [2.75, 3.05) is 5.73 Å².